The van der Waals surface area contributed by atoms with E-state index in [1.165, 1.54) is 11.8 Å². The van der Waals surface area contributed by atoms with Gasteiger partial charge in [-0.1, -0.05) is 0 Å². The van der Waals surface area contributed by atoms with Gasteiger partial charge < -0.3 is 4.74 Å². The van der Waals surface area contributed by atoms with E-state index in [1.807, 2.05) is 45.0 Å². The summed E-state index contributed by atoms with van der Waals surface area (Å²) in [6, 6.07) is 7.55. The quantitative estimate of drug-likeness (QED) is 0.758. The molecule has 0 aliphatic carbocycles. The maximum absolute atomic E-state index is 10.5. The summed E-state index contributed by atoms with van der Waals surface area (Å²) in [4.78, 5) is 11.5. The minimum atomic E-state index is -0.556. The molecule has 1 aromatic carbocycles. The minimum absolute atomic E-state index is 0.194. The van der Waals surface area contributed by atoms with Crippen LogP contribution in [0, 0.1) is 0 Å². The fourth-order valence-electron chi connectivity index (χ4n) is 1.11. The monoisotopic (exact) mass is 238 g/mol. The highest BCUT2D eigenvalue weighted by Crippen LogP contribution is 2.23. The van der Waals surface area contributed by atoms with Crippen molar-refractivity contribution in [2.45, 2.75) is 31.3 Å². The Morgan fingerprint density at radius 3 is 2.31 bits per heavy atom. The molecule has 87 valence electrons. The van der Waals surface area contributed by atoms with E-state index in [-0.39, 0.29) is 11.4 Å². The highest BCUT2D eigenvalue weighted by molar-refractivity contribution is 8.00. The van der Waals surface area contributed by atoms with Crippen LogP contribution in [-0.4, -0.2) is 17.3 Å². The summed E-state index contributed by atoms with van der Waals surface area (Å²) < 4.78 is 5.67. The van der Waals surface area contributed by atoms with E-state index in [0.29, 0.717) is 0 Å². The van der Waals surface area contributed by atoms with Crippen molar-refractivity contribution in [2.75, 3.05) is 5.75 Å². The first kappa shape index (κ1) is 12.9. The van der Waals surface area contributed by atoms with Crippen LogP contribution >= 0.6 is 11.8 Å². The van der Waals surface area contributed by atoms with Gasteiger partial charge in [0.15, 0.2) is 0 Å². The van der Waals surface area contributed by atoms with Crippen molar-refractivity contribution in [1.29, 1.82) is 0 Å². The minimum Gasteiger partial charge on any atom is -0.488 e. The molecule has 0 aromatic heterocycles. The van der Waals surface area contributed by atoms with Crippen molar-refractivity contribution in [1.82, 2.24) is 5.73 Å². The molecule has 0 saturated carbocycles. The van der Waals surface area contributed by atoms with Gasteiger partial charge in [-0.3, -0.25) is 10.5 Å². The molecule has 16 heavy (non-hydrogen) atoms. The maximum atomic E-state index is 10.5. The second kappa shape index (κ2) is 5.25. The van der Waals surface area contributed by atoms with E-state index in [9.17, 15) is 4.79 Å². The molecule has 0 heterocycles. The Balaban J connectivity index is 2.57. The Bertz CT molecular complexity index is 354. The largest absolute Gasteiger partial charge is 0.488 e. The van der Waals surface area contributed by atoms with Gasteiger partial charge in [-0.25, -0.2) is 0 Å². The van der Waals surface area contributed by atoms with E-state index in [1.54, 1.807) is 0 Å². The zero-order valence-corrected chi connectivity index (χ0v) is 10.6. The van der Waals surface area contributed by atoms with Gasteiger partial charge >= 0.3 is 0 Å². The van der Waals surface area contributed by atoms with Gasteiger partial charge in [0.05, 0.1) is 5.75 Å². The molecular formula is C12H16NO2S. The summed E-state index contributed by atoms with van der Waals surface area (Å²) in [5, 5.41) is 0. The molecule has 1 aromatic rings. The molecular weight excluding hydrogens is 222 g/mol. The van der Waals surface area contributed by atoms with Gasteiger partial charge in [0.1, 0.15) is 11.4 Å². The lowest BCUT2D eigenvalue weighted by atomic mass is 10.2. The Morgan fingerprint density at radius 1 is 1.31 bits per heavy atom. The summed E-state index contributed by atoms with van der Waals surface area (Å²) in [5.41, 5.74) is 6.60. The number of ether oxygens (including phenoxy) is 1. The van der Waals surface area contributed by atoms with Gasteiger partial charge in [0.25, 0.3) is 0 Å². The van der Waals surface area contributed by atoms with E-state index in [2.05, 4.69) is 0 Å². The molecule has 0 saturated heterocycles. The number of nitrogens with one attached hydrogen (secondary N) is 1. The molecule has 0 spiro atoms. The molecule has 0 aliphatic heterocycles. The zero-order chi connectivity index (χ0) is 12.2. The average molecular weight is 238 g/mol. The van der Waals surface area contributed by atoms with Gasteiger partial charge in [-0.2, -0.15) is 0 Å². The third-order valence-corrected chi connectivity index (χ3v) is 2.63. The van der Waals surface area contributed by atoms with Gasteiger partial charge in [0, 0.05) is 4.90 Å². The van der Waals surface area contributed by atoms with Crippen molar-refractivity contribution in [3.05, 3.63) is 24.3 Å². The van der Waals surface area contributed by atoms with Crippen LogP contribution in [0.15, 0.2) is 29.2 Å². The van der Waals surface area contributed by atoms with Crippen molar-refractivity contribution in [2.24, 2.45) is 0 Å². The molecule has 0 atom stereocenters. The van der Waals surface area contributed by atoms with Crippen molar-refractivity contribution in [3.63, 3.8) is 0 Å². The van der Waals surface area contributed by atoms with Crippen LogP contribution in [0.5, 0.6) is 5.75 Å². The van der Waals surface area contributed by atoms with Crippen molar-refractivity contribution in [3.8, 4) is 5.75 Å². The molecule has 4 heteroatoms. The highest BCUT2D eigenvalue weighted by atomic mass is 32.2. The summed E-state index contributed by atoms with van der Waals surface area (Å²) >= 11 is 1.36. The first-order valence-electron chi connectivity index (χ1n) is 5.03. The number of carbonyl (C=O) groups is 1. The SMILES string of the molecule is CC(C)(C)Oc1ccc(SCC([NH])=O)cc1. The molecule has 3 nitrogen and oxygen atoms in total. The Hall–Kier alpha value is -1.16. The smallest absolute Gasteiger partial charge is 0.248 e. The molecule has 0 unspecified atom stereocenters. The Kier molecular flexibility index (Phi) is 4.24. The lowest BCUT2D eigenvalue weighted by molar-refractivity contribution is -0.116. The molecule has 0 aliphatic rings. The first-order valence-corrected chi connectivity index (χ1v) is 6.02. The number of thioether (sulfide) groups is 1. The topological polar surface area (TPSA) is 50.1 Å². The fourth-order valence-corrected chi connectivity index (χ4v) is 1.73. The third kappa shape index (κ3) is 5.07. The normalized spacial score (nSPS) is 11.2. The molecule has 1 radical (unpaired) electrons. The van der Waals surface area contributed by atoms with Gasteiger partial charge in [-0.15, -0.1) is 11.8 Å². The maximum Gasteiger partial charge on any atom is 0.248 e. The molecule has 0 fully saturated rings. The number of hydrogen-bond donors (Lipinski definition) is 0. The van der Waals surface area contributed by atoms with E-state index >= 15 is 0 Å². The number of rotatable bonds is 4. The van der Waals surface area contributed by atoms with E-state index in [0.717, 1.165) is 10.6 Å². The fraction of sp³-hybridized carbons (Fsp3) is 0.417. The summed E-state index contributed by atoms with van der Waals surface area (Å²) in [7, 11) is 0. The summed E-state index contributed by atoms with van der Waals surface area (Å²) in [5.74, 6) is 0.452. The van der Waals surface area contributed by atoms with Crippen molar-refractivity contribution < 1.29 is 9.53 Å². The Morgan fingerprint density at radius 2 is 1.88 bits per heavy atom. The van der Waals surface area contributed by atoms with Crippen LogP contribution in [0.2, 0.25) is 0 Å². The zero-order valence-electron chi connectivity index (χ0n) is 9.74. The van der Waals surface area contributed by atoms with E-state index < -0.39 is 5.91 Å². The average Bonchev–Trinajstić information content (AvgIpc) is 2.14. The number of amides is 1. The third-order valence-electron chi connectivity index (χ3n) is 1.62. The lowest BCUT2D eigenvalue weighted by Crippen LogP contribution is -2.22. The van der Waals surface area contributed by atoms with Crippen LogP contribution in [0.25, 0.3) is 0 Å². The second-order valence-electron chi connectivity index (χ2n) is 4.40. The van der Waals surface area contributed by atoms with Crippen molar-refractivity contribution >= 4 is 17.7 Å². The van der Waals surface area contributed by atoms with Crippen LogP contribution in [0.3, 0.4) is 0 Å². The molecule has 0 bridgehead atoms. The van der Waals surface area contributed by atoms with Crippen LogP contribution < -0.4 is 10.5 Å². The lowest BCUT2D eigenvalue weighted by Gasteiger charge is -2.21. The molecule has 1 rings (SSSR count). The number of benzene rings is 1. The summed E-state index contributed by atoms with van der Waals surface area (Å²) in [6.45, 7) is 5.98. The molecule has 1 amide bonds. The Labute approximate surface area is 100 Å². The highest BCUT2D eigenvalue weighted by Gasteiger charge is 2.11. The standard InChI is InChI=1S/C12H16NO2S/c1-12(2,3)15-9-4-6-10(7-5-9)16-8-11(13)14/h4-7,13H,8H2,1-3H3. The van der Waals surface area contributed by atoms with Crippen LogP contribution in [0.1, 0.15) is 20.8 Å². The molecule has 1 N–H and O–H groups in total. The van der Waals surface area contributed by atoms with Crippen LogP contribution in [0.4, 0.5) is 0 Å². The number of carbonyl (C=O) groups excluding carboxylic acids is 1. The summed E-state index contributed by atoms with van der Waals surface area (Å²) in [6.07, 6.45) is 0. The second-order valence-corrected chi connectivity index (χ2v) is 5.45. The van der Waals surface area contributed by atoms with Gasteiger partial charge in [0.2, 0.25) is 5.91 Å². The first-order chi connectivity index (χ1) is 7.37. The van der Waals surface area contributed by atoms with Crippen LogP contribution in [-0.2, 0) is 4.79 Å². The predicted octanol–water partition coefficient (Wildman–Crippen LogP) is 2.77. The predicted molar refractivity (Wildman–Crippen MR) is 65.7 cm³/mol. The van der Waals surface area contributed by atoms with E-state index in [4.69, 9.17) is 10.5 Å². The number of hydrogen-bond acceptors (Lipinski definition) is 3. The van der Waals surface area contributed by atoms with Gasteiger partial charge in [-0.05, 0) is 45.0 Å².